The maximum absolute atomic E-state index is 11.2. The van der Waals surface area contributed by atoms with Crippen LogP contribution in [0, 0.1) is 0 Å². The van der Waals surface area contributed by atoms with Gasteiger partial charge >= 0.3 is 6.09 Å². The molecule has 1 amide bonds. The summed E-state index contributed by atoms with van der Waals surface area (Å²) in [4.78, 5) is 12.7. The minimum absolute atomic E-state index is 0.284. The van der Waals surface area contributed by atoms with E-state index < -0.39 is 0 Å². The van der Waals surface area contributed by atoms with Crippen molar-refractivity contribution in [2.24, 2.45) is 0 Å². The van der Waals surface area contributed by atoms with Crippen molar-refractivity contribution in [2.45, 2.75) is 13.8 Å². The zero-order chi connectivity index (χ0) is 9.56. The average Bonchev–Trinajstić information content (AvgIpc) is 2.06. The van der Waals surface area contributed by atoms with E-state index in [1.807, 2.05) is 13.8 Å². The lowest BCUT2D eigenvalue weighted by Crippen LogP contribution is -2.30. The number of nitrogens with zero attached hydrogens (tertiary/aromatic N) is 1. The van der Waals surface area contributed by atoms with Gasteiger partial charge in [0.05, 0.1) is 0 Å². The number of carbonyl (C=O) groups is 1. The Morgan fingerprint density at radius 2 is 2.00 bits per heavy atom. The minimum Gasteiger partial charge on any atom is -0.411 e. The minimum atomic E-state index is -0.370. The van der Waals surface area contributed by atoms with Crippen molar-refractivity contribution < 1.29 is 9.53 Å². The van der Waals surface area contributed by atoms with Crippen LogP contribution in [0.15, 0.2) is 25.0 Å². The summed E-state index contributed by atoms with van der Waals surface area (Å²) in [6.45, 7) is 12.0. The van der Waals surface area contributed by atoms with Gasteiger partial charge in [0.2, 0.25) is 0 Å². The fourth-order valence-corrected chi connectivity index (χ4v) is 0.700. The fourth-order valence-electron chi connectivity index (χ4n) is 0.700. The molecule has 0 heterocycles. The highest BCUT2D eigenvalue weighted by molar-refractivity contribution is 5.69. The summed E-state index contributed by atoms with van der Waals surface area (Å²) in [5, 5.41) is 0. The molecule has 0 atom stereocenters. The standard InChI is InChI=1S/C9H15NO2/c1-5-8(4)12-9(11)10(6-2)7-3/h5H,1,4,6-7H2,2-3H3. The molecule has 0 fully saturated rings. The third kappa shape index (κ3) is 3.23. The van der Waals surface area contributed by atoms with E-state index in [-0.39, 0.29) is 11.9 Å². The first-order valence-electron chi connectivity index (χ1n) is 3.93. The summed E-state index contributed by atoms with van der Waals surface area (Å²) >= 11 is 0. The van der Waals surface area contributed by atoms with Crippen molar-refractivity contribution in [3.05, 3.63) is 25.0 Å². The summed E-state index contributed by atoms with van der Waals surface area (Å²) in [5.41, 5.74) is 0. The summed E-state index contributed by atoms with van der Waals surface area (Å²) < 4.78 is 4.82. The number of hydrogen-bond donors (Lipinski definition) is 0. The van der Waals surface area contributed by atoms with Crippen molar-refractivity contribution in [2.75, 3.05) is 13.1 Å². The third-order valence-corrected chi connectivity index (χ3v) is 1.47. The van der Waals surface area contributed by atoms with Crippen molar-refractivity contribution in [3.8, 4) is 0 Å². The fraction of sp³-hybridized carbons (Fsp3) is 0.444. The number of ether oxygens (including phenoxy) is 1. The molecule has 0 spiro atoms. The molecule has 0 saturated carbocycles. The van der Waals surface area contributed by atoms with E-state index >= 15 is 0 Å². The van der Waals surface area contributed by atoms with Crippen LogP contribution in [0.5, 0.6) is 0 Å². The van der Waals surface area contributed by atoms with Gasteiger partial charge in [-0.25, -0.2) is 4.79 Å². The molecule has 12 heavy (non-hydrogen) atoms. The van der Waals surface area contributed by atoms with Gasteiger partial charge in [-0.05, 0) is 19.9 Å². The highest BCUT2D eigenvalue weighted by atomic mass is 16.6. The molecule has 0 rings (SSSR count). The first-order valence-corrected chi connectivity index (χ1v) is 3.93. The molecule has 0 N–H and O–H groups in total. The van der Waals surface area contributed by atoms with Gasteiger partial charge in [-0.1, -0.05) is 13.2 Å². The van der Waals surface area contributed by atoms with E-state index in [2.05, 4.69) is 13.2 Å². The van der Waals surface area contributed by atoms with Gasteiger partial charge in [0.15, 0.2) is 0 Å². The predicted molar refractivity (Wildman–Crippen MR) is 48.7 cm³/mol. The Hall–Kier alpha value is -1.25. The van der Waals surface area contributed by atoms with E-state index in [0.29, 0.717) is 13.1 Å². The Balaban J connectivity index is 4.00. The molecular formula is C9H15NO2. The Morgan fingerprint density at radius 1 is 1.50 bits per heavy atom. The summed E-state index contributed by atoms with van der Waals surface area (Å²) in [7, 11) is 0. The van der Waals surface area contributed by atoms with Crippen LogP contribution in [-0.2, 0) is 4.74 Å². The van der Waals surface area contributed by atoms with Crippen LogP contribution >= 0.6 is 0 Å². The van der Waals surface area contributed by atoms with Gasteiger partial charge in [-0.3, -0.25) is 0 Å². The maximum Gasteiger partial charge on any atom is 0.415 e. The van der Waals surface area contributed by atoms with Crippen LogP contribution in [0.1, 0.15) is 13.8 Å². The number of carbonyl (C=O) groups excluding carboxylic acids is 1. The molecule has 0 unspecified atom stereocenters. The van der Waals surface area contributed by atoms with Gasteiger partial charge in [-0.2, -0.15) is 0 Å². The molecule has 3 heteroatoms. The van der Waals surface area contributed by atoms with Crippen LogP contribution in [-0.4, -0.2) is 24.1 Å². The zero-order valence-corrected chi connectivity index (χ0v) is 7.67. The van der Waals surface area contributed by atoms with E-state index in [9.17, 15) is 4.79 Å². The van der Waals surface area contributed by atoms with Crippen molar-refractivity contribution in [3.63, 3.8) is 0 Å². The van der Waals surface area contributed by atoms with E-state index in [4.69, 9.17) is 4.74 Å². The van der Waals surface area contributed by atoms with Crippen LogP contribution < -0.4 is 0 Å². The zero-order valence-electron chi connectivity index (χ0n) is 7.67. The second-order valence-electron chi connectivity index (χ2n) is 2.21. The molecule has 0 bridgehead atoms. The topological polar surface area (TPSA) is 29.5 Å². The first-order chi connectivity index (χ1) is 5.65. The highest BCUT2D eigenvalue weighted by Gasteiger charge is 2.10. The first kappa shape index (κ1) is 10.8. The van der Waals surface area contributed by atoms with Gasteiger partial charge in [-0.15, -0.1) is 0 Å². The number of allylic oxidation sites excluding steroid dienone is 1. The summed E-state index contributed by atoms with van der Waals surface area (Å²) in [6.07, 6.45) is 1.03. The molecule has 0 aromatic carbocycles. The Labute approximate surface area is 73.3 Å². The molecule has 0 aliphatic heterocycles. The molecule has 0 aliphatic carbocycles. The molecule has 0 aliphatic rings. The summed E-state index contributed by atoms with van der Waals surface area (Å²) in [5.74, 6) is 0.284. The molecule has 68 valence electrons. The quantitative estimate of drug-likeness (QED) is 0.476. The molecule has 0 aromatic rings. The Bertz CT molecular complexity index is 183. The van der Waals surface area contributed by atoms with Crippen molar-refractivity contribution in [1.29, 1.82) is 0 Å². The molecular weight excluding hydrogens is 154 g/mol. The number of rotatable bonds is 4. The SMILES string of the molecule is C=CC(=C)OC(=O)N(CC)CC. The molecule has 0 radical (unpaired) electrons. The van der Waals surface area contributed by atoms with Crippen LogP contribution in [0.2, 0.25) is 0 Å². The van der Waals surface area contributed by atoms with Gasteiger partial charge in [0.1, 0.15) is 5.76 Å². The van der Waals surface area contributed by atoms with Crippen LogP contribution in [0.4, 0.5) is 4.79 Å². The van der Waals surface area contributed by atoms with E-state index in [1.54, 1.807) is 4.90 Å². The van der Waals surface area contributed by atoms with Gasteiger partial charge in [0, 0.05) is 13.1 Å². The molecule has 0 saturated heterocycles. The predicted octanol–water partition coefficient (Wildman–Crippen LogP) is 2.16. The van der Waals surface area contributed by atoms with Crippen molar-refractivity contribution in [1.82, 2.24) is 4.90 Å². The normalized spacial score (nSPS) is 8.83. The van der Waals surface area contributed by atoms with E-state index in [0.717, 1.165) is 0 Å². The third-order valence-electron chi connectivity index (χ3n) is 1.47. The van der Waals surface area contributed by atoms with E-state index in [1.165, 1.54) is 6.08 Å². The van der Waals surface area contributed by atoms with Crippen LogP contribution in [0.25, 0.3) is 0 Å². The monoisotopic (exact) mass is 169 g/mol. The van der Waals surface area contributed by atoms with Crippen molar-refractivity contribution >= 4 is 6.09 Å². The average molecular weight is 169 g/mol. The lowest BCUT2D eigenvalue weighted by Gasteiger charge is -2.17. The lowest BCUT2D eigenvalue weighted by molar-refractivity contribution is 0.136. The lowest BCUT2D eigenvalue weighted by atomic mass is 10.5. The van der Waals surface area contributed by atoms with Gasteiger partial charge in [0.25, 0.3) is 0 Å². The second kappa shape index (κ2) is 5.41. The maximum atomic E-state index is 11.2. The molecule has 0 aromatic heterocycles. The highest BCUT2D eigenvalue weighted by Crippen LogP contribution is 2.00. The van der Waals surface area contributed by atoms with Crippen LogP contribution in [0.3, 0.4) is 0 Å². The smallest absolute Gasteiger partial charge is 0.411 e. The summed E-state index contributed by atoms with van der Waals surface area (Å²) in [6, 6.07) is 0. The second-order valence-corrected chi connectivity index (χ2v) is 2.21. The Kier molecular flexibility index (Phi) is 4.84. The largest absolute Gasteiger partial charge is 0.415 e. The Morgan fingerprint density at radius 3 is 2.33 bits per heavy atom. The molecule has 3 nitrogen and oxygen atoms in total. The number of hydrogen-bond acceptors (Lipinski definition) is 2. The van der Waals surface area contributed by atoms with Gasteiger partial charge < -0.3 is 9.64 Å². The number of amides is 1.